The molecule has 0 N–H and O–H groups in total. The molecule has 0 radical (unpaired) electrons. The van der Waals surface area contributed by atoms with Crippen LogP contribution in [0.5, 0.6) is 0 Å². The van der Waals surface area contributed by atoms with Gasteiger partial charge in [0.2, 0.25) is 0 Å². The summed E-state index contributed by atoms with van der Waals surface area (Å²) in [5, 5.41) is 0. The summed E-state index contributed by atoms with van der Waals surface area (Å²) in [6, 6.07) is 0. The van der Waals surface area contributed by atoms with Crippen molar-refractivity contribution in [3.8, 4) is 0 Å². The van der Waals surface area contributed by atoms with Crippen LogP contribution >= 0.6 is 0 Å². The zero-order valence-electron chi connectivity index (χ0n) is 7.70. The summed E-state index contributed by atoms with van der Waals surface area (Å²) in [6.45, 7) is 3.41. The highest BCUT2D eigenvalue weighted by molar-refractivity contribution is 6.07. The molecule has 0 atom stereocenters. The first-order chi connectivity index (χ1) is 6.00. The number of ether oxygens (including phenoxy) is 1. The van der Waals surface area contributed by atoms with Gasteiger partial charge in [-0.1, -0.05) is 0 Å². The molecule has 0 aliphatic heterocycles. The second-order valence-corrected chi connectivity index (χ2v) is 3.62. The molecule has 1 saturated carbocycles. The van der Waals surface area contributed by atoms with Gasteiger partial charge in [-0.15, -0.1) is 0 Å². The van der Waals surface area contributed by atoms with E-state index in [0.717, 1.165) is 0 Å². The van der Waals surface area contributed by atoms with Crippen molar-refractivity contribution in [2.24, 2.45) is 5.41 Å². The third-order valence-corrected chi connectivity index (χ3v) is 2.00. The molecule has 1 aliphatic carbocycles. The van der Waals surface area contributed by atoms with Gasteiger partial charge in [-0.3, -0.25) is 9.59 Å². The minimum Gasteiger partial charge on any atom is -0.462 e. The molecule has 0 unspecified atom stereocenters. The Kier molecular flexibility index (Phi) is 2.50. The molecule has 1 fully saturated rings. The van der Waals surface area contributed by atoms with Gasteiger partial charge in [-0.25, -0.2) is 0 Å². The second kappa shape index (κ2) is 3.28. The van der Waals surface area contributed by atoms with Gasteiger partial charge in [-0.05, 0) is 13.8 Å². The molecule has 0 aromatic rings. The van der Waals surface area contributed by atoms with E-state index in [1.807, 2.05) is 0 Å². The van der Waals surface area contributed by atoms with Crippen molar-refractivity contribution < 1.29 is 19.1 Å². The van der Waals surface area contributed by atoms with Crippen LogP contribution < -0.4 is 0 Å². The van der Waals surface area contributed by atoms with Crippen molar-refractivity contribution >= 4 is 18.0 Å². The first-order valence-corrected chi connectivity index (χ1v) is 4.19. The Morgan fingerprint density at radius 1 is 1.54 bits per heavy atom. The summed E-state index contributed by atoms with van der Waals surface area (Å²) in [4.78, 5) is 32.7. The molecular formula is C9H12O4. The van der Waals surface area contributed by atoms with E-state index in [-0.39, 0.29) is 24.7 Å². The van der Waals surface area contributed by atoms with E-state index in [4.69, 9.17) is 4.74 Å². The Labute approximate surface area is 76.3 Å². The van der Waals surface area contributed by atoms with Crippen LogP contribution in [-0.2, 0) is 19.1 Å². The Bertz CT molecular complexity index is 246. The Hall–Kier alpha value is -1.19. The van der Waals surface area contributed by atoms with Gasteiger partial charge in [0.05, 0.1) is 6.10 Å². The zero-order chi connectivity index (χ0) is 10.1. The van der Waals surface area contributed by atoms with Crippen LogP contribution in [0.4, 0.5) is 0 Å². The lowest BCUT2D eigenvalue weighted by atomic mass is 9.69. The Morgan fingerprint density at radius 3 is 2.38 bits per heavy atom. The largest absolute Gasteiger partial charge is 0.462 e. The third kappa shape index (κ3) is 1.76. The normalized spacial score (nSPS) is 19.5. The summed E-state index contributed by atoms with van der Waals surface area (Å²) < 4.78 is 4.87. The fourth-order valence-electron chi connectivity index (χ4n) is 1.26. The SMILES string of the molecule is CC(C)OC(=O)C1(C=O)CC(=O)C1. The standard InChI is InChI=1S/C9H12O4/c1-6(2)13-8(12)9(5-10)3-7(11)4-9/h5-6H,3-4H2,1-2H3. The summed E-state index contributed by atoms with van der Waals surface area (Å²) >= 11 is 0. The number of rotatable bonds is 3. The van der Waals surface area contributed by atoms with E-state index in [1.165, 1.54) is 0 Å². The molecule has 0 saturated heterocycles. The average molecular weight is 184 g/mol. The molecule has 0 bridgehead atoms. The Morgan fingerprint density at radius 2 is 2.08 bits per heavy atom. The van der Waals surface area contributed by atoms with Crippen molar-refractivity contribution in [1.82, 2.24) is 0 Å². The number of carbonyl (C=O) groups is 3. The summed E-state index contributed by atoms with van der Waals surface area (Å²) in [6.07, 6.45) is 0.281. The molecule has 0 spiro atoms. The monoisotopic (exact) mass is 184 g/mol. The van der Waals surface area contributed by atoms with Gasteiger partial charge >= 0.3 is 5.97 Å². The number of esters is 1. The minimum absolute atomic E-state index is 0.00204. The molecule has 0 heterocycles. The van der Waals surface area contributed by atoms with Crippen molar-refractivity contribution in [3.05, 3.63) is 0 Å². The Balaban J connectivity index is 2.63. The van der Waals surface area contributed by atoms with Gasteiger partial charge < -0.3 is 9.53 Å². The fraction of sp³-hybridized carbons (Fsp3) is 0.667. The van der Waals surface area contributed by atoms with Gasteiger partial charge in [0, 0.05) is 12.8 Å². The number of Topliss-reactive ketones (excluding diaryl/α,β-unsaturated/α-hetero) is 1. The molecule has 72 valence electrons. The van der Waals surface area contributed by atoms with Crippen molar-refractivity contribution in [1.29, 1.82) is 0 Å². The van der Waals surface area contributed by atoms with Crippen molar-refractivity contribution in [3.63, 3.8) is 0 Å². The number of carbonyl (C=O) groups excluding carboxylic acids is 3. The highest BCUT2D eigenvalue weighted by Crippen LogP contribution is 2.37. The highest BCUT2D eigenvalue weighted by atomic mass is 16.5. The number of hydrogen-bond donors (Lipinski definition) is 0. The predicted octanol–water partition coefficient (Wildman–Crippen LogP) is 0.486. The van der Waals surface area contributed by atoms with E-state index >= 15 is 0 Å². The maximum Gasteiger partial charge on any atom is 0.320 e. The van der Waals surface area contributed by atoms with Crippen LogP contribution in [0.25, 0.3) is 0 Å². The molecule has 0 amide bonds. The second-order valence-electron chi connectivity index (χ2n) is 3.62. The molecule has 0 aromatic carbocycles. The smallest absolute Gasteiger partial charge is 0.320 e. The number of aldehydes is 1. The predicted molar refractivity (Wildman–Crippen MR) is 44.0 cm³/mol. The van der Waals surface area contributed by atoms with E-state index in [9.17, 15) is 14.4 Å². The number of hydrogen-bond acceptors (Lipinski definition) is 4. The highest BCUT2D eigenvalue weighted by Gasteiger charge is 2.51. The van der Waals surface area contributed by atoms with Gasteiger partial charge in [0.15, 0.2) is 0 Å². The zero-order valence-corrected chi connectivity index (χ0v) is 7.70. The molecule has 13 heavy (non-hydrogen) atoms. The molecule has 0 aromatic heterocycles. The molecule has 4 heteroatoms. The fourth-order valence-corrected chi connectivity index (χ4v) is 1.26. The first-order valence-electron chi connectivity index (χ1n) is 4.19. The molecular weight excluding hydrogens is 172 g/mol. The summed E-state index contributed by atoms with van der Waals surface area (Å²) in [5.41, 5.74) is -1.17. The van der Waals surface area contributed by atoms with Crippen molar-refractivity contribution in [2.45, 2.75) is 32.8 Å². The van der Waals surface area contributed by atoms with E-state index in [2.05, 4.69) is 0 Å². The van der Waals surface area contributed by atoms with Gasteiger partial charge in [-0.2, -0.15) is 0 Å². The van der Waals surface area contributed by atoms with E-state index < -0.39 is 11.4 Å². The van der Waals surface area contributed by atoms with E-state index in [0.29, 0.717) is 6.29 Å². The summed E-state index contributed by atoms with van der Waals surface area (Å²) in [5.74, 6) is -0.634. The average Bonchev–Trinajstić information content (AvgIpc) is 1.96. The summed E-state index contributed by atoms with van der Waals surface area (Å²) in [7, 11) is 0. The lowest BCUT2D eigenvalue weighted by Gasteiger charge is -2.32. The van der Waals surface area contributed by atoms with Gasteiger partial charge in [0.25, 0.3) is 0 Å². The van der Waals surface area contributed by atoms with Crippen LogP contribution in [0, 0.1) is 5.41 Å². The maximum absolute atomic E-state index is 11.3. The number of ketones is 1. The van der Waals surface area contributed by atoms with Crippen LogP contribution in [0.2, 0.25) is 0 Å². The quantitative estimate of drug-likeness (QED) is 0.364. The lowest BCUT2D eigenvalue weighted by Crippen LogP contribution is -2.47. The van der Waals surface area contributed by atoms with E-state index in [1.54, 1.807) is 13.8 Å². The van der Waals surface area contributed by atoms with Gasteiger partial charge in [0.1, 0.15) is 17.5 Å². The van der Waals surface area contributed by atoms with Crippen LogP contribution in [-0.4, -0.2) is 24.1 Å². The first kappa shape index (κ1) is 9.89. The molecule has 1 rings (SSSR count). The third-order valence-electron chi connectivity index (χ3n) is 2.00. The molecule has 4 nitrogen and oxygen atoms in total. The van der Waals surface area contributed by atoms with Crippen LogP contribution in [0.15, 0.2) is 0 Å². The minimum atomic E-state index is -1.17. The topological polar surface area (TPSA) is 60.4 Å². The lowest BCUT2D eigenvalue weighted by molar-refractivity contribution is -0.170. The van der Waals surface area contributed by atoms with Crippen LogP contribution in [0.1, 0.15) is 26.7 Å². The maximum atomic E-state index is 11.3. The van der Waals surface area contributed by atoms with Crippen molar-refractivity contribution in [2.75, 3.05) is 0 Å². The van der Waals surface area contributed by atoms with Crippen LogP contribution in [0.3, 0.4) is 0 Å². The molecule has 1 aliphatic rings.